The first-order valence-electron chi connectivity index (χ1n) is 10.5. The Kier molecular flexibility index (Phi) is 6.56. The van der Waals surface area contributed by atoms with E-state index in [0.717, 1.165) is 52.6 Å². The lowest BCUT2D eigenvalue weighted by atomic mass is 9.91. The Morgan fingerprint density at radius 2 is 1.65 bits per heavy atom. The first-order chi connectivity index (χ1) is 15.0. The maximum absolute atomic E-state index is 12.3. The van der Waals surface area contributed by atoms with Gasteiger partial charge >= 0.3 is 6.03 Å². The van der Waals surface area contributed by atoms with Crippen molar-refractivity contribution in [3.05, 3.63) is 53.0 Å². The summed E-state index contributed by atoms with van der Waals surface area (Å²) in [6, 6.07) is 15.9. The second-order valence-electron chi connectivity index (χ2n) is 8.05. The Morgan fingerprint density at radius 3 is 2.39 bits per heavy atom. The number of aromatic nitrogens is 2. The van der Waals surface area contributed by atoms with E-state index in [1.54, 1.807) is 0 Å². The van der Waals surface area contributed by atoms with E-state index in [2.05, 4.69) is 31.9 Å². The number of hydrogen-bond acceptors (Lipinski definition) is 5. The molecule has 3 aromatic rings. The molecule has 1 heterocycles. The third-order valence-corrected chi connectivity index (χ3v) is 6.22. The average Bonchev–Trinajstić information content (AvgIpc) is 2.76. The maximum atomic E-state index is 12.3. The number of carbonyl (C=O) groups is 1. The minimum absolute atomic E-state index is 0.162. The van der Waals surface area contributed by atoms with Gasteiger partial charge in [-0.05, 0) is 65.9 Å². The van der Waals surface area contributed by atoms with E-state index in [4.69, 9.17) is 9.97 Å². The van der Waals surface area contributed by atoms with Crippen LogP contribution in [-0.2, 0) is 0 Å². The quantitative estimate of drug-likeness (QED) is 0.476. The Hall–Kier alpha value is -2.87. The van der Waals surface area contributed by atoms with Crippen LogP contribution < -0.4 is 20.9 Å². The van der Waals surface area contributed by atoms with Crippen molar-refractivity contribution in [1.82, 2.24) is 15.3 Å². The Morgan fingerprint density at radius 1 is 0.968 bits per heavy atom. The number of nitrogens with zero attached hydrogens (tertiary/aromatic N) is 3. The number of urea groups is 1. The van der Waals surface area contributed by atoms with Crippen LogP contribution in [0, 0.1) is 0 Å². The van der Waals surface area contributed by atoms with Crippen molar-refractivity contribution in [1.29, 1.82) is 0 Å². The zero-order valence-electron chi connectivity index (χ0n) is 17.7. The number of hydrogen-bond donors (Lipinski definition) is 3. The van der Waals surface area contributed by atoms with Gasteiger partial charge in [-0.3, -0.25) is 0 Å². The molecule has 162 valence electrons. The van der Waals surface area contributed by atoms with E-state index in [1.807, 2.05) is 67.5 Å². The SMILES string of the molecule is CN(C)c1nc(N[C@H]2CC[C@@H](NC(=O)Nc3ccccc3Br)CC2)nc2ccccc12. The van der Waals surface area contributed by atoms with Crippen molar-refractivity contribution in [2.75, 3.05) is 29.6 Å². The Balaban J connectivity index is 1.33. The van der Waals surface area contributed by atoms with Crippen molar-refractivity contribution < 1.29 is 4.79 Å². The van der Waals surface area contributed by atoms with Crippen LogP contribution in [0.15, 0.2) is 53.0 Å². The molecule has 1 fully saturated rings. The molecule has 0 bridgehead atoms. The standard InChI is InChI=1S/C23H27BrN6O/c1-30(2)21-17-7-3-5-9-19(17)27-22(29-21)25-15-11-13-16(14-12-15)26-23(31)28-20-10-6-4-8-18(20)24/h3-10,15-16H,11-14H2,1-2H3,(H,25,27,29)(H2,26,28,31)/t15-,16+. The fourth-order valence-corrected chi connectivity index (χ4v) is 4.32. The summed E-state index contributed by atoms with van der Waals surface area (Å²) in [6.45, 7) is 0. The van der Waals surface area contributed by atoms with Gasteiger partial charge in [-0.1, -0.05) is 24.3 Å². The van der Waals surface area contributed by atoms with Crippen LogP contribution >= 0.6 is 15.9 Å². The van der Waals surface area contributed by atoms with Crippen molar-refractivity contribution >= 4 is 50.3 Å². The summed E-state index contributed by atoms with van der Waals surface area (Å²) in [5.41, 5.74) is 1.70. The number of anilines is 3. The molecule has 2 amide bonds. The number of amides is 2. The zero-order chi connectivity index (χ0) is 21.8. The van der Waals surface area contributed by atoms with E-state index in [-0.39, 0.29) is 12.1 Å². The van der Waals surface area contributed by atoms with Gasteiger partial charge in [0.1, 0.15) is 5.82 Å². The lowest BCUT2D eigenvalue weighted by Gasteiger charge is -2.30. The number of halogens is 1. The third-order valence-electron chi connectivity index (χ3n) is 5.52. The van der Waals surface area contributed by atoms with Crippen LogP contribution in [0.2, 0.25) is 0 Å². The molecule has 0 unspecified atom stereocenters. The van der Waals surface area contributed by atoms with E-state index >= 15 is 0 Å². The number of fused-ring (bicyclic) bond motifs is 1. The lowest BCUT2D eigenvalue weighted by molar-refractivity contribution is 0.243. The molecule has 0 saturated heterocycles. The summed E-state index contributed by atoms with van der Waals surface area (Å²) in [7, 11) is 3.99. The summed E-state index contributed by atoms with van der Waals surface area (Å²) >= 11 is 3.45. The lowest BCUT2D eigenvalue weighted by Crippen LogP contribution is -2.42. The van der Waals surface area contributed by atoms with E-state index in [1.165, 1.54) is 0 Å². The minimum atomic E-state index is -0.170. The molecule has 0 aliphatic heterocycles. The van der Waals surface area contributed by atoms with Gasteiger partial charge in [-0.25, -0.2) is 9.78 Å². The monoisotopic (exact) mass is 482 g/mol. The summed E-state index contributed by atoms with van der Waals surface area (Å²) in [5, 5.41) is 10.5. The summed E-state index contributed by atoms with van der Waals surface area (Å²) in [4.78, 5) is 23.8. The fraction of sp³-hybridized carbons (Fsp3) is 0.348. The highest BCUT2D eigenvalue weighted by molar-refractivity contribution is 9.10. The second kappa shape index (κ2) is 9.51. The molecule has 7 nitrogen and oxygen atoms in total. The minimum Gasteiger partial charge on any atom is -0.362 e. The molecule has 1 aliphatic rings. The van der Waals surface area contributed by atoms with Gasteiger partial charge in [0.05, 0.1) is 11.2 Å². The van der Waals surface area contributed by atoms with Crippen LogP contribution in [0.3, 0.4) is 0 Å². The van der Waals surface area contributed by atoms with E-state index < -0.39 is 0 Å². The molecule has 3 N–H and O–H groups in total. The molecule has 8 heteroatoms. The molecular formula is C23H27BrN6O. The Bertz CT molecular complexity index is 1060. The number of para-hydroxylation sites is 2. The summed E-state index contributed by atoms with van der Waals surface area (Å²) in [6.07, 6.45) is 3.73. The topological polar surface area (TPSA) is 82.2 Å². The van der Waals surface area contributed by atoms with E-state index in [9.17, 15) is 4.79 Å². The van der Waals surface area contributed by atoms with Gasteiger partial charge in [-0.15, -0.1) is 0 Å². The first kappa shape index (κ1) is 21.4. The highest BCUT2D eigenvalue weighted by atomic mass is 79.9. The molecule has 0 radical (unpaired) electrons. The maximum Gasteiger partial charge on any atom is 0.319 e. The van der Waals surface area contributed by atoms with Gasteiger partial charge in [0.25, 0.3) is 0 Å². The highest BCUT2D eigenvalue weighted by Crippen LogP contribution is 2.26. The molecule has 0 atom stereocenters. The number of rotatable bonds is 5. The van der Waals surface area contributed by atoms with Crippen LogP contribution in [-0.4, -0.2) is 42.2 Å². The van der Waals surface area contributed by atoms with Crippen LogP contribution in [0.1, 0.15) is 25.7 Å². The van der Waals surface area contributed by atoms with Crippen molar-refractivity contribution in [2.45, 2.75) is 37.8 Å². The van der Waals surface area contributed by atoms with Crippen molar-refractivity contribution in [3.8, 4) is 0 Å². The molecule has 1 aromatic heterocycles. The van der Waals surface area contributed by atoms with Crippen molar-refractivity contribution in [2.24, 2.45) is 0 Å². The molecular weight excluding hydrogens is 456 g/mol. The third kappa shape index (κ3) is 5.25. The molecule has 4 rings (SSSR count). The molecule has 0 spiro atoms. The number of benzene rings is 2. The molecule has 31 heavy (non-hydrogen) atoms. The predicted molar refractivity (Wildman–Crippen MR) is 130 cm³/mol. The fourth-order valence-electron chi connectivity index (χ4n) is 3.94. The predicted octanol–water partition coefficient (Wildman–Crippen LogP) is 5.00. The normalized spacial score (nSPS) is 18.4. The van der Waals surface area contributed by atoms with Crippen LogP contribution in [0.25, 0.3) is 10.9 Å². The number of nitrogens with one attached hydrogen (secondary N) is 3. The second-order valence-corrected chi connectivity index (χ2v) is 8.91. The zero-order valence-corrected chi connectivity index (χ0v) is 19.3. The smallest absolute Gasteiger partial charge is 0.319 e. The molecule has 2 aromatic carbocycles. The first-order valence-corrected chi connectivity index (χ1v) is 11.3. The number of carbonyl (C=O) groups excluding carboxylic acids is 1. The van der Waals surface area contributed by atoms with Gasteiger partial charge in [0, 0.05) is 36.0 Å². The van der Waals surface area contributed by atoms with Gasteiger partial charge in [0.15, 0.2) is 0 Å². The Labute approximate surface area is 190 Å². The van der Waals surface area contributed by atoms with Crippen LogP contribution in [0.4, 0.5) is 22.2 Å². The summed E-state index contributed by atoms with van der Waals surface area (Å²) < 4.78 is 0.866. The molecule has 1 saturated carbocycles. The van der Waals surface area contributed by atoms with Crippen molar-refractivity contribution in [3.63, 3.8) is 0 Å². The molecule has 1 aliphatic carbocycles. The largest absolute Gasteiger partial charge is 0.362 e. The van der Waals surface area contributed by atoms with Crippen LogP contribution in [0.5, 0.6) is 0 Å². The van der Waals surface area contributed by atoms with Gasteiger partial charge in [0.2, 0.25) is 5.95 Å². The summed E-state index contributed by atoms with van der Waals surface area (Å²) in [5.74, 6) is 1.57. The van der Waals surface area contributed by atoms with Gasteiger partial charge in [-0.2, -0.15) is 4.98 Å². The van der Waals surface area contributed by atoms with E-state index in [0.29, 0.717) is 12.0 Å². The van der Waals surface area contributed by atoms with Gasteiger partial charge < -0.3 is 20.9 Å². The highest BCUT2D eigenvalue weighted by Gasteiger charge is 2.23. The average molecular weight is 483 g/mol.